The second-order valence-electron chi connectivity index (χ2n) is 5.08. The highest BCUT2D eigenvalue weighted by molar-refractivity contribution is 7.18. The van der Waals surface area contributed by atoms with Crippen molar-refractivity contribution in [1.29, 1.82) is 0 Å². The molecule has 0 amide bonds. The SMILES string of the molecule is Cn1nc(-c2ccc(-c3cnccn3)s2)c2ccccc2c1=O. The largest absolute Gasteiger partial charge is 0.274 e. The summed E-state index contributed by atoms with van der Waals surface area (Å²) in [5.41, 5.74) is 1.55. The second kappa shape index (κ2) is 5.40. The predicted molar refractivity (Wildman–Crippen MR) is 91.3 cm³/mol. The molecule has 3 heterocycles. The number of aromatic nitrogens is 4. The monoisotopic (exact) mass is 320 g/mol. The molecule has 0 unspecified atom stereocenters. The zero-order valence-corrected chi connectivity index (χ0v) is 13.1. The fraction of sp³-hybridized carbons (Fsp3) is 0.0588. The molecule has 0 atom stereocenters. The van der Waals surface area contributed by atoms with Crippen LogP contribution in [0, 0.1) is 0 Å². The molecule has 0 aliphatic rings. The Labute approximate surface area is 135 Å². The van der Waals surface area contributed by atoms with Crippen molar-refractivity contribution >= 4 is 22.1 Å². The normalized spacial score (nSPS) is 11.0. The van der Waals surface area contributed by atoms with Gasteiger partial charge < -0.3 is 0 Å². The van der Waals surface area contributed by atoms with Crippen molar-refractivity contribution in [2.75, 3.05) is 0 Å². The number of rotatable bonds is 2. The van der Waals surface area contributed by atoms with E-state index in [0.29, 0.717) is 5.39 Å². The Morgan fingerprint density at radius 3 is 2.57 bits per heavy atom. The minimum atomic E-state index is -0.0879. The lowest BCUT2D eigenvalue weighted by molar-refractivity contribution is 0.723. The van der Waals surface area contributed by atoms with E-state index in [0.717, 1.165) is 26.5 Å². The van der Waals surface area contributed by atoms with Gasteiger partial charge >= 0.3 is 0 Å². The van der Waals surface area contributed by atoms with Gasteiger partial charge in [-0.25, -0.2) is 4.68 Å². The van der Waals surface area contributed by atoms with Crippen LogP contribution in [0.2, 0.25) is 0 Å². The number of benzene rings is 1. The van der Waals surface area contributed by atoms with Crippen LogP contribution in [0.25, 0.3) is 31.9 Å². The Morgan fingerprint density at radius 1 is 1.00 bits per heavy atom. The van der Waals surface area contributed by atoms with E-state index in [9.17, 15) is 4.79 Å². The summed E-state index contributed by atoms with van der Waals surface area (Å²) >= 11 is 1.59. The molecule has 0 radical (unpaired) electrons. The lowest BCUT2D eigenvalue weighted by Crippen LogP contribution is -2.20. The molecular weight excluding hydrogens is 308 g/mol. The van der Waals surface area contributed by atoms with Gasteiger partial charge in [-0.2, -0.15) is 5.10 Å². The summed E-state index contributed by atoms with van der Waals surface area (Å²) in [5.74, 6) is 0. The third-order valence-electron chi connectivity index (χ3n) is 3.61. The highest BCUT2D eigenvalue weighted by Crippen LogP contribution is 2.34. The van der Waals surface area contributed by atoms with Gasteiger partial charge in [0.2, 0.25) is 0 Å². The molecule has 4 aromatic rings. The van der Waals surface area contributed by atoms with Crippen LogP contribution in [0.5, 0.6) is 0 Å². The van der Waals surface area contributed by atoms with E-state index < -0.39 is 0 Å². The summed E-state index contributed by atoms with van der Waals surface area (Å²) in [4.78, 5) is 22.7. The summed E-state index contributed by atoms with van der Waals surface area (Å²) in [5, 5.41) is 6.00. The van der Waals surface area contributed by atoms with Crippen LogP contribution in [0.1, 0.15) is 0 Å². The standard InChI is InChI=1S/C17H12N4OS/c1-21-17(22)12-5-3-2-4-11(12)16(20-21)15-7-6-14(23-15)13-10-18-8-9-19-13/h2-10H,1H3. The van der Waals surface area contributed by atoms with Crippen molar-refractivity contribution in [3.05, 3.63) is 65.3 Å². The molecule has 6 heteroatoms. The van der Waals surface area contributed by atoms with E-state index in [1.54, 1.807) is 37.0 Å². The van der Waals surface area contributed by atoms with Gasteiger partial charge in [0.15, 0.2) is 0 Å². The summed E-state index contributed by atoms with van der Waals surface area (Å²) in [7, 11) is 1.68. The topological polar surface area (TPSA) is 60.7 Å². The molecule has 112 valence electrons. The Morgan fingerprint density at radius 2 is 1.78 bits per heavy atom. The highest BCUT2D eigenvalue weighted by Gasteiger charge is 2.13. The smallest absolute Gasteiger partial charge is 0.267 e. The van der Waals surface area contributed by atoms with Crippen LogP contribution >= 0.6 is 11.3 Å². The lowest BCUT2D eigenvalue weighted by atomic mass is 10.1. The lowest BCUT2D eigenvalue weighted by Gasteiger charge is -2.06. The molecule has 0 fully saturated rings. The molecule has 0 bridgehead atoms. The van der Waals surface area contributed by atoms with Crippen molar-refractivity contribution in [3.63, 3.8) is 0 Å². The van der Waals surface area contributed by atoms with E-state index >= 15 is 0 Å². The van der Waals surface area contributed by atoms with Gasteiger partial charge in [-0.05, 0) is 18.2 Å². The molecule has 0 saturated heterocycles. The van der Waals surface area contributed by atoms with Crippen molar-refractivity contribution < 1.29 is 0 Å². The quantitative estimate of drug-likeness (QED) is 0.569. The summed E-state index contributed by atoms with van der Waals surface area (Å²) < 4.78 is 1.39. The number of thiophene rings is 1. The third-order valence-corrected chi connectivity index (χ3v) is 4.73. The van der Waals surface area contributed by atoms with E-state index in [-0.39, 0.29) is 5.56 Å². The molecule has 23 heavy (non-hydrogen) atoms. The summed E-state index contributed by atoms with van der Waals surface area (Å²) in [6.45, 7) is 0. The van der Waals surface area contributed by atoms with E-state index in [2.05, 4.69) is 15.1 Å². The van der Waals surface area contributed by atoms with Crippen molar-refractivity contribution in [2.24, 2.45) is 7.05 Å². The molecule has 0 N–H and O–H groups in total. The maximum Gasteiger partial charge on any atom is 0.274 e. The molecule has 0 spiro atoms. The number of hydrogen-bond donors (Lipinski definition) is 0. The average molecular weight is 320 g/mol. The van der Waals surface area contributed by atoms with Crippen molar-refractivity contribution in [3.8, 4) is 21.1 Å². The maximum absolute atomic E-state index is 12.2. The van der Waals surface area contributed by atoms with Crippen molar-refractivity contribution in [2.45, 2.75) is 0 Å². The van der Waals surface area contributed by atoms with Gasteiger partial charge in [-0.3, -0.25) is 14.8 Å². The second-order valence-corrected chi connectivity index (χ2v) is 6.16. The minimum Gasteiger partial charge on any atom is -0.267 e. The number of nitrogens with zero attached hydrogens (tertiary/aromatic N) is 4. The van der Waals surface area contributed by atoms with Crippen LogP contribution in [-0.2, 0) is 7.05 Å². The Hall–Kier alpha value is -2.86. The summed E-state index contributed by atoms with van der Waals surface area (Å²) in [6, 6.07) is 11.6. The molecule has 0 aliphatic carbocycles. The Kier molecular flexibility index (Phi) is 3.24. The number of hydrogen-bond acceptors (Lipinski definition) is 5. The highest BCUT2D eigenvalue weighted by atomic mass is 32.1. The van der Waals surface area contributed by atoms with Gasteiger partial charge in [0.1, 0.15) is 5.69 Å². The molecule has 5 nitrogen and oxygen atoms in total. The van der Waals surface area contributed by atoms with Crippen LogP contribution in [-0.4, -0.2) is 19.7 Å². The fourth-order valence-corrected chi connectivity index (χ4v) is 3.48. The van der Waals surface area contributed by atoms with Crippen LogP contribution in [0.15, 0.2) is 59.8 Å². The maximum atomic E-state index is 12.2. The van der Waals surface area contributed by atoms with E-state index in [4.69, 9.17) is 0 Å². The third kappa shape index (κ3) is 2.33. The van der Waals surface area contributed by atoms with Gasteiger partial charge in [0, 0.05) is 24.8 Å². The van der Waals surface area contributed by atoms with Gasteiger partial charge in [-0.15, -0.1) is 11.3 Å². The van der Waals surface area contributed by atoms with E-state index in [1.807, 2.05) is 36.4 Å². The first-order chi connectivity index (χ1) is 11.2. The molecule has 1 aromatic carbocycles. The Bertz CT molecular complexity index is 1050. The van der Waals surface area contributed by atoms with E-state index in [1.165, 1.54) is 4.68 Å². The first kappa shape index (κ1) is 13.8. The fourth-order valence-electron chi connectivity index (χ4n) is 2.51. The van der Waals surface area contributed by atoms with Gasteiger partial charge in [0.05, 0.1) is 27.0 Å². The zero-order chi connectivity index (χ0) is 15.8. The first-order valence-electron chi connectivity index (χ1n) is 7.07. The van der Waals surface area contributed by atoms with Crippen molar-refractivity contribution in [1.82, 2.24) is 19.7 Å². The summed E-state index contributed by atoms with van der Waals surface area (Å²) in [6.07, 6.45) is 5.07. The van der Waals surface area contributed by atoms with Crippen LogP contribution in [0.4, 0.5) is 0 Å². The minimum absolute atomic E-state index is 0.0879. The van der Waals surface area contributed by atoms with Crippen LogP contribution < -0.4 is 5.56 Å². The Balaban J connectivity index is 1.93. The number of aryl methyl sites for hydroxylation is 1. The molecular formula is C17H12N4OS. The zero-order valence-electron chi connectivity index (χ0n) is 12.3. The molecule has 4 rings (SSSR count). The predicted octanol–water partition coefficient (Wildman–Crippen LogP) is 3.12. The average Bonchev–Trinajstić information content (AvgIpc) is 3.09. The molecule has 3 aromatic heterocycles. The molecule has 0 aliphatic heterocycles. The van der Waals surface area contributed by atoms with Crippen LogP contribution in [0.3, 0.4) is 0 Å². The van der Waals surface area contributed by atoms with Gasteiger partial charge in [-0.1, -0.05) is 18.2 Å². The number of fused-ring (bicyclic) bond motifs is 1. The molecule has 0 saturated carbocycles. The van der Waals surface area contributed by atoms with Gasteiger partial charge in [0.25, 0.3) is 5.56 Å². The first-order valence-corrected chi connectivity index (χ1v) is 7.88.